The molecule has 0 saturated heterocycles. The van der Waals surface area contributed by atoms with E-state index in [2.05, 4.69) is 82.9 Å². The van der Waals surface area contributed by atoms with E-state index in [1.54, 1.807) is 0 Å². The Kier molecular flexibility index (Phi) is 7.50. The van der Waals surface area contributed by atoms with Crippen LogP contribution in [0.4, 0.5) is 0 Å². The molecule has 4 fully saturated rings. The Hall–Kier alpha value is -1.72. The predicted molar refractivity (Wildman–Crippen MR) is 163 cm³/mol. The minimum Gasteiger partial charge on any atom is -0.421 e. The molecule has 0 bridgehead atoms. The highest BCUT2D eigenvalue weighted by molar-refractivity contribution is 5.53. The maximum absolute atomic E-state index is 12.0. The van der Waals surface area contributed by atoms with Crippen LogP contribution in [0.5, 0.6) is 0 Å². The lowest BCUT2D eigenvalue weighted by Crippen LogP contribution is -2.62. The highest BCUT2D eigenvalue weighted by Gasteiger charge is 2.64. The fourth-order valence-corrected chi connectivity index (χ4v) is 10.9. The molecule has 4 aliphatic carbocycles. The number of aromatic nitrogens is 2. The van der Waals surface area contributed by atoms with Gasteiger partial charge < -0.3 is 14.6 Å². The first-order valence-electron chi connectivity index (χ1n) is 16.7. The summed E-state index contributed by atoms with van der Waals surface area (Å²) in [6.07, 6.45) is 9.23. The first-order chi connectivity index (χ1) is 19.4. The second-order valence-electron chi connectivity index (χ2n) is 16.1. The summed E-state index contributed by atoms with van der Waals surface area (Å²) in [5.74, 6) is 4.70. The van der Waals surface area contributed by atoms with Crippen LogP contribution in [0, 0.1) is 52.3 Å². The molecule has 0 spiro atoms. The van der Waals surface area contributed by atoms with Crippen LogP contribution in [0.25, 0.3) is 11.5 Å². The van der Waals surface area contributed by atoms with Crippen molar-refractivity contribution in [2.75, 3.05) is 0 Å². The van der Waals surface area contributed by atoms with Gasteiger partial charge >= 0.3 is 0 Å². The smallest absolute Gasteiger partial charge is 0.247 e. The van der Waals surface area contributed by atoms with Gasteiger partial charge in [-0.25, -0.2) is 0 Å². The zero-order valence-electron chi connectivity index (χ0n) is 26.6. The van der Waals surface area contributed by atoms with Crippen LogP contribution < -0.4 is 0 Å². The Labute approximate surface area is 247 Å². The normalized spacial score (nSPS) is 41.4. The topological polar surface area (TPSA) is 79.4 Å². The Morgan fingerprint density at radius 2 is 1.61 bits per heavy atom. The summed E-state index contributed by atoms with van der Waals surface area (Å²) in [4.78, 5) is 0. The van der Waals surface area contributed by atoms with Crippen molar-refractivity contribution in [3.05, 3.63) is 35.7 Å². The minimum absolute atomic E-state index is 0.117. The maximum Gasteiger partial charge on any atom is 0.247 e. The molecule has 0 radical (unpaired) electrons. The summed E-state index contributed by atoms with van der Waals surface area (Å²) in [5.41, 5.74) is 2.89. The highest BCUT2D eigenvalue weighted by atomic mass is 16.4. The molecule has 11 atom stereocenters. The van der Waals surface area contributed by atoms with Gasteiger partial charge in [-0.15, -0.1) is 10.2 Å². The van der Waals surface area contributed by atoms with Gasteiger partial charge in [0, 0.05) is 12.0 Å². The monoisotopic (exact) mass is 562 g/mol. The van der Waals surface area contributed by atoms with Gasteiger partial charge in [0.15, 0.2) is 0 Å². The van der Waals surface area contributed by atoms with Crippen molar-refractivity contribution in [1.82, 2.24) is 10.2 Å². The summed E-state index contributed by atoms with van der Waals surface area (Å²) in [5, 5.41) is 31.5. The first-order valence-corrected chi connectivity index (χ1v) is 16.7. The van der Waals surface area contributed by atoms with Crippen molar-refractivity contribution in [2.24, 2.45) is 52.3 Å². The zero-order chi connectivity index (χ0) is 29.3. The van der Waals surface area contributed by atoms with Gasteiger partial charge in [-0.3, -0.25) is 0 Å². The lowest BCUT2D eigenvalue weighted by atomic mass is 9.41. The number of hydrogen-bond acceptors (Lipinski definition) is 5. The van der Waals surface area contributed by atoms with Gasteiger partial charge in [0.1, 0.15) is 0 Å². The SMILES string of the molecule is CC[C@@H]1C2C[C@H](O)CC[C@]2(C)[C@H]2CCC3(C)[C@@H]([C@H](C)Cc4nnc(-c5ccc(C(C)(C)C)cc5)o4)CC[C@H]3C2[C@@H]1O. The number of aliphatic hydroxyl groups is 2. The fraction of sp³-hybridized carbons (Fsp3) is 0.778. The van der Waals surface area contributed by atoms with E-state index in [1.165, 1.54) is 31.2 Å². The minimum atomic E-state index is -0.241. The van der Waals surface area contributed by atoms with E-state index in [-0.39, 0.29) is 28.5 Å². The van der Waals surface area contributed by atoms with Crippen LogP contribution in [0.3, 0.4) is 0 Å². The van der Waals surface area contributed by atoms with Crippen LogP contribution in [0.1, 0.15) is 111 Å². The Morgan fingerprint density at radius 1 is 0.927 bits per heavy atom. The zero-order valence-corrected chi connectivity index (χ0v) is 26.6. The second kappa shape index (κ2) is 10.5. The summed E-state index contributed by atoms with van der Waals surface area (Å²) in [6, 6.07) is 8.52. The van der Waals surface area contributed by atoms with Crippen LogP contribution in [-0.2, 0) is 11.8 Å². The Balaban J connectivity index is 1.19. The molecule has 2 aromatic rings. The van der Waals surface area contributed by atoms with Crippen LogP contribution in [0.2, 0.25) is 0 Å². The molecule has 6 rings (SSSR count). The number of nitrogens with zero attached hydrogens (tertiary/aromatic N) is 2. The third-order valence-corrected chi connectivity index (χ3v) is 13.1. The molecule has 4 saturated carbocycles. The van der Waals surface area contributed by atoms with Crippen molar-refractivity contribution in [3.8, 4) is 11.5 Å². The van der Waals surface area contributed by atoms with E-state index in [4.69, 9.17) is 4.42 Å². The lowest BCUT2D eigenvalue weighted by molar-refractivity contribution is -0.203. The van der Waals surface area contributed by atoms with Gasteiger partial charge in [0.25, 0.3) is 0 Å². The van der Waals surface area contributed by atoms with Crippen molar-refractivity contribution < 1.29 is 14.6 Å². The number of benzene rings is 1. The number of rotatable bonds is 5. The summed E-state index contributed by atoms with van der Waals surface area (Å²) in [6.45, 7) is 16.4. The first kappa shape index (κ1) is 29.4. The molecular weight excluding hydrogens is 508 g/mol. The molecule has 1 aromatic heterocycles. The van der Waals surface area contributed by atoms with Gasteiger partial charge in [-0.2, -0.15) is 0 Å². The second-order valence-corrected chi connectivity index (χ2v) is 16.1. The lowest BCUT2D eigenvalue weighted by Gasteiger charge is -2.64. The van der Waals surface area contributed by atoms with Crippen molar-refractivity contribution in [2.45, 2.75) is 124 Å². The highest BCUT2D eigenvalue weighted by Crippen LogP contribution is 2.69. The molecular formula is C36H54N2O3. The molecule has 5 nitrogen and oxygen atoms in total. The number of hydrogen-bond donors (Lipinski definition) is 2. The summed E-state index contributed by atoms with van der Waals surface area (Å²) in [7, 11) is 0. The van der Waals surface area contributed by atoms with Crippen LogP contribution >= 0.6 is 0 Å². The molecule has 4 aliphatic rings. The predicted octanol–water partition coefficient (Wildman–Crippen LogP) is 7.84. The molecule has 3 unspecified atom stereocenters. The van der Waals surface area contributed by atoms with Crippen molar-refractivity contribution >= 4 is 0 Å². The summed E-state index contributed by atoms with van der Waals surface area (Å²) >= 11 is 0. The molecule has 1 aromatic carbocycles. The van der Waals surface area contributed by atoms with Gasteiger partial charge in [0.05, 0.1) is 12.2 Å². The summed E-state index contributed by atoms with van der Waals surface area (Å²) < 4.78 is 6.22. The van der Waals surface area contributed by atoms with Gasteiger partial charge in [-0.05, 0) is 120 Å². The molecule has 0 aliphatic heterocycles. The van der Waals surface area contributed by atoms with E-state index in [0.717, 1.165) is 43.6 Å². The number of aliphatic hydroxyl groups excluding tert-OH is 2. The average molecular weight is 563 g/mol. The van der Waals surface area contributed by atoms with Gasteiger partial charge in [0.2, 0.25) is 11.8 Å². The van der Waals surface area contributed by atoms with E-state index in [9.17, 15) is 10.2 Å². The van der Waals surface area contributed by atoms with E-state index >= 15 is 0 Å². The molecule has 41 heavy (non-hydrogen) atoms. The third kappa shape index (κ3) is 4.82. The van der Waals surface area contributed by atoms with E-state index < -0.39 is 0 Å². The van der Waals surface area contributed by atoms with Crippen molar-refractivity contribution in [3.63, 3.8) is 0 Å². The molecule has 226 valence electrons. The van der Waals surface area contributed by atoms with E-state index in [1.807, 2.05) is 0 Å². The Morgan fingerprint density at radius 3 is 2.29 bits per heavy atom. The maximum atomic E-state index is 12.0. The molecule has 0 amide bonds. The van der Waals surface area contributed by atoms with E-state index in [0.29, 0.717) is 47.3 Å². The molecule has 1 heterocycles. The third-order valence-electron chi connectivity index (χ3n) is 13.1. The van der Waals surface area contributed by atoms with Crippen LogP contribution in [-0.4, -0.2) is 32.6 Å². The Bertz CT molecular complexity index is 1220. The fourth-order valence-electron chi connectivity index (χ4n) is 10.9. The van der Waals surface area contributed by atoms with Gasteiger partial charge in [-0.1, -0.05) is 67.0 Å². The van der Waals surface area contributed by atoms with Crippen molar-refractivity contribution in [1.29, 1.82) is 0 Å². The quantitative estimate of drug-likeness (QED) is 0.388. The molecule has 5 heteroatoms. The number of fused-ring (bicyclic) bond motifs is 5. The average Bonchev–Trinajstić information content (AvgIpc) is 3.53. The van der Waals surface area contributed by atoms with Crippen LogP contribution in [0.15, 0.2) is 28.7 Å². The standard InChI is InChI=1S/C36H54N2O3/c1-8-25-29-20-24(39)15-17-36(29,7)28-16-18-35(6)26(13-14-27(35)31(28)32(25)40)21(2)19-30-37-38-33(41-30)22-9-11-23(12-10-22)34(3,4)5/h9-12,21,24-29,31-32,39-40H,8,13-20H2,1-7H3/t21-,24-,25-,26-,27+,28+,29?,31?,32-,35?,36-/m1/s1. The largest absolute Gasteiger partial charge is 0.421 e. The molecule has 2 N–H and O–H groups in total.